The van der Waals surface area contributed by atoms with Crippen molar-refractivity contribution in [1.29, 1.82) is 0 Å². The average molecular weight is 554 g/mol. The number of piperidine rings is 1. The number of nitrogens with zero attached hydrogens (tertiary/aromatic N) is 6. The largest absolute Gasteiger partial charge is 0.357 e. The second-order valence-corrected chi connectivity index (χ2v) is 12.3. The number of hydrogen-bond acceptors (Lipinski definition) is 7. The lowest BCUT2D eigenvalue weighted by molar-refractivity contribution is 0.252. The van der Waals surface area contributed by atoms with Crippen molar-refractivity contribution in [2.45, 2.75) is 37.0 Å². The summed E-state index contributed by atoms with van der Waals surface area (Å²) in [5.74, 6) is -1.08. The Balaban J connectivity index is 1.48. The second kappa shape index (κ2) is 9.83. The summed E-state index contributed by atoms with van der Waals surface area (Å²) >= 11 is 0. The fourth-order valence-corrected chi connectivity index (χ4v) is 6.54. The van der Waals surface area contributed by atoms with Crippen LogP contribution in [-0.2, 0) is 10.0 Å². The zero-order chi connectivity index (χ0) is 27.3. The number of benzene rings is 1. The van der Waals surface area contributed by atoms with Crippen LogP contribution in [0.15, 0.2) is 49.2 Å². The fourth-order valence-electron chi connectivity index (χ4n) is 5.15. The smallest absolute Gasteiger partial charge is 0.235 e. The number of aromatic nitrogens is 4. The zero-order valence-corrected chi connectivity index (χ0v) is 22.5. The van der Waals surface area contributed by atoms with Crippen molar-refractivity contribution >= 4 is 32.6 Å². The topological polar surface area (TPSA) is 96.2 Å². The van der Waals surface area contributed by atoms with Crippen LogP contribution in [0.5, 0.6) is 0 Å². The van der Waals surface area contributed by atoms with Gasteiger partial charge in [-0.25, -0.2) is 32.2 Å². The first-order chi connectivity index (χ1) is 18.7. The summed E-state index contributed by atoms with van der Waals surface area (Å²) in [4.78, 5) is 17.6. The van der Waals surface area contributed by atoms with Gasteiger partial charge < -0.3 is 14.4 Å². The van der Waals surface area contributed by atoms with Gasteiger partial charge in [0.05, 0.1) is 22.0 Å². The van der Waals surface area contributed by atoms with Gasteiger partial charge in [-0.1, -0.05) is 0 Å². The Labute approximate surface area is 225 Å². The van der Waals surface area contributed by atoms with Gasteiger partial charge >= 0.3 is 0 Å². The van der Waals surface area contributed by atoms with Gasteiger partial charge in [-0.15, -0.1) is 0 Å². The lowest BCUT2D eigenvalue weighted by Gasteiger charge is -2.35. The highest BCUT2D eigenvalue weighted by molar-refractivity contribution is 7.93. The summed E-state index contributed by atoms with van der Waals surface area (Å²) in [6, 6.07) is 6.13. The average Bonchev–Trinajstić information content (AvgIpc) is 3.74. The highest BCUT2D eigenvalue weighted by Crippen LogP contribution is 2.37. The van der Waals surface area contributed by atoms with E-state index >= 15 is 8.78 Å². The van der Waals surface area contributed by atoms with Gasteiger partial charge in [-0.2, -0.15) is 0 Å². The van der Waals surface area contributed by atoms with E-state index in [0.717, 1.165) is 43.9 Å². The molecule has 0 bridgehead atoms. The number of pyridine rings is 1. The molecule has 2 fully saturated rings. The van der Waals surface area contributed by atoms with Crippen molar-refractivity contribution in [1.82, 2.24) is 24.4 Å². The van der Waals surface area contributed by atoms with Gasteiger partial charge in [-0.3, -0.25) is 4.72 Å². The Morgan fingerprint density at radius 1 is 1.03 bits per heavy atom. The molecule has 39 heavy (non-hydrogen) atoms. The number of likely N-dealkylation sites (tertiary alicyclic amines) is 1. The van der Waals surface area contributed by atoms with Crippen LogP contribution in [0.3, 0.4) is 0 Å². The molecule has 3 aromatic heterocycles. The molecular formula is C27H29F2N7O2S. The van der Waals surface area contributed by atoms with E-state index in [9.17, 15) is 8.42 Å². The molecule has 1 aliphatic heterocycles. The molecule has 0 amide bonds. The van der Waals surface area contributed by atoms with Gasteiger partial charge in [0.25, 0.3) is 0 Å². The first-order valence-electron chi connectivity index (χ1n) is 12.9. The molecule has 2 aliphatic rings. The lowest BCUT2D eigenvalue weighted by atomic mass is 10.0. The molecule has 1 saturated heterocycles. The number of hydrogen-bond donors (Lipinski definition) is 1. The van der Waals surface area contributed by atoms with E-state index in [0.29, 0.717) is 41.0 Å². The van der Waals surface area contributed by atoms with Crippen LogP contribution in [0.2, 0.25) is 0 Å². The van der Waals surface area contributed by atoms with E-state index in [-0.39, 0.29) is 5.69 Å². The van der Waals surface area contributed by atoms with E-state index < -0.39 is 32.6 Å². The molecule has 12 heteroatoms. The highest BCUT2D eigenvalue weighted by Gasteiger charge is 2.36. The Morgan fingerprint density at radius 2 is 1.74 bits per heavy atom. The molecule has 0 atom stereocenters. The number of fused-ring (bicyclic) bond motifs is 1. The van der Waals surface area contributed by atoms with E-state index in [4.69, 9.17) is 4.98 Å². The SMILES string of the molecule is CN1CCC(N(C)c2ccc3c(n2)c(-c2cncnc2)cn3-c2c(F)ccc(NS(=O)(=O)C3CC3)c2F)CC1. The highest BCUT2D eigenvalue weighted by atomic mass is 32.2. The summed E-state index contributed by atoms with van der Waals surface area (Å²) < 4.78 is 59.7. The van der Waals surface area contributed by atoms with Crippen LogP contribution in [-0.4, -0.2) is 71.3 Å². The first kappa shape index (κ1) is 25.6. The van der Waals surface area contributed by atoms with Crippen LogP contribution >= 0.6 is 0 Å². The molecule has 1 aromatic carbocycles. The minimum atomic E-state index is -3.74. The molecule has 1 N–H and O–H groups in total. The summed E-state index contributed by atoms with van der Waals surface area (Å²) in [5.41, 5.74) is 1.55. The summed E-state index contributed by atoms with van der Waals surface area (Å²) in [6.07, 6.45) is 9.30. The summed E-state index contributed by atoms with van der Waals surface area (Å²) in [6.45, 7) is 2.00. The van der Waals surface area contributed by atoms with Gasteiger partial charge in [0.15, 0.2) is 5.82 Å². The molecule has 4 aromatic rings. The molecule has 0 radical (unpaired) electrons. The van der Waals surface area contributed by atoms with Gasteiger partial charge in [0.1, 0.15) is 23.6 Å². The van der Waals surface area contributed by atoms with Crippen molar-refractivity contribution in [2.24, 2.45) is 0 Å². The number of halogens is 2. The molecule has 4 heterocycles. The molecule has 0 unspecified atom stereocenters. The van der Waals surface area contributed by atoms with Crippen molar-refractivity contribution in [3.05, 3.63) is 60.8 Å². The third kappa shape index (κ3) is 4.82. The number of sulfonamides is 1. The van der Waals surface area contributed by atoms with Crippen LogP contribution in [0.25, 0.3) is 27.8 Å². The number of nitrogens with one attached hydrogen (secondary N) is 1. The summed E-state index contributed by atoms with van der Waals surface area (Å²) in [7, 11) is 0.385. The molecule has 204 valence electrons. The Bertz CT molecular complexity index is 1630. The fraction of sp³-hybridized carbons (Fsp3) is 0.370. The quantitative estimate of drug-likeness (QED) is 0.367. The van der Waals surface area contributed by atoms with Crippen LogP contribution in [0, 0.1) is 11.6 Å². The molecule has 9 nitrogen and oxygen atoms in total. The predicted octanol–water partition coefficient (Wildman–Crippen LogP) is 4.20. The van der Waals surface area contributed by atoms with E-state index in [1.54, 1.807) is 24.7 Å². The monoisotopic (exact) mass is 553 g/mol. The zero-order valence-electron chi connectivity index (χ0n) is 21.7. The van der Waals surface area contributed by atoms with Crippen LogP contribution < -0.4 is 9.62 Å². The lowest BCUT2D eigenvalue weighted by Crippen LogP contribution is -2.42. The molecule has 1 aliphatic carbocycles. The van der Waals surface area contributed by atoms with Gasteiger partial charge in [0.2, 0.25) is 10.0 Å². The number of rotatable bonds is 7. The Hall–Kier alpha value is -3.64. The van der Waals surface area contributed by atoms with Gasteiger partial charge in [0, 0.05) is 42.8 Å². The molecule has 1 saturated carbocycles. The van der Waals surface area contributed by atoms with Crippen LogP contribution in [0.1, 0.15) is 25.7 Å². The third-order valence-electron chi connectivity index (χ3n) is 7.62. The Kier molecular flexibility index (Phi) is 6.46. The molecule has 0 spiro atoms. The van der Waals surface area contributed by atoms with Crippen LogP contribution in [0.4, 0.5) is 20.3 Å². The second-order valence-electron chi connectivity index (χ2n) is 10.3. The number of anilines is 2. The normalized spacial score (nSPS) is 17.0. The molecular weight excluding hydrogens is 524 g/mol. The summed E-state index contributed by atoms with van der Waals surface area (Å²) in [5, 5.41) is -0.549. The standard InChI is InChI=1S/C27H29F2N7O2S/c1-34-11-9-18(10-12-34)35(2)24-8-7-23-26(32-24)20(17-13-30-16-31-14-17)15-36(23)27-21(28)5-6-22(25(27)29)33-39(37,38)19-3-4-19/h5-8,13-16,18-19,33H,3-4,9-12H2,1-2H3. The van der Waals surface area contributed by atoms with E-state index in [2.05, 4.69) is 31.5 Å². The minimum Gasteiger partial charge on any atom is -0.357 e. The first-order valence-corrected chi connectivity index (χ1v) is 14.5. The van der Waals surface area contributed by atoms with E-state index in [1.165, 1.54) is 10.9 Å². The predicted molar refractivity (Wildman–Crippen MR) is 146 cm³/mol. The maximum atomic E-state index is 15.8. The van der Waals surface area contributed by atoms with E-state index in [1.807, 2.05) is 13.1 Å². The van der Waals surface area contributed by atoms with Crippen molar-refractivity contribution in [2.75, 3.05) is 36.8 Å². The van der Waals surface area contributed by atoms with Gasteiger partial charge in [-0.05, 0) is 70.1 Å². The molecule has 6 rings (SSSR count). The minimum absolute atomic E-state index is 0.295. The Morgan fingerprint density at radius 3 is 2.44 bits per heavy atom. The van der Waals surface area contributed by atoms with Crippen molar-refractivity contribution < 1.29 is 17.2 Å². The maximum absolute atomic E-state index is 15.8. The maximum Gasteiger partial charge on any atom is 0.235 e. The van der Waals surface area contributed by atoms with Crippen molar-refractivity contribution in [3.8, 4) is 16.8 Å². The third-order valence-corrected chi connectivity index (χ3v) is 9.48. The van der Waals surface area contributed by atoms with Crippen molar-refractivity contribution in [3.63, 3.8) is 0 Å².